The first-order valence-corrected chi connectivity index (χ1v) is 19.0. The first kappa shape index (κ1) is 49.2. The highest BCUT2D eigenvalue weighted by Gasteiger charge is 2.20. The molecule has 0 unspecified atom stereocenters. The lowest BCUT2D eigenvalue weighted by molar-refractivity contribution is -0.140. The smallest absolute Gasteiger partial charge is 0.317 e. The Morgan fingerprint density at radius 2 is 0.889 bits per heavy atom. The molecule has 0 bridgehead atoms. The van der Waals surface area contributed by atoms with Crippen molar-refractivity contribution in [3.63, 3.8) is 0 Å². The van der Waals surface area contributed by atoms with Crippen molar-refractivity contribution in [3.8, 4) is 0 Å². The summed E-state index contributed by atoms with van der Waals surface area (Å²) < 4.78 is 32.8. The third-order valence-electron chi connectivity index (χ3n) is 8.10. The minimum Gasteiger partial charge on any atom is -0.480 e. The molecule has 1 aliphatic heterocycles. The summed E-state index contributed by atoms with van der Waals surface area (Å²) in [7, 11) is 0. The molecule has 19 heteroatoms. The summed E-state index contributed by atoms with van der Waals surface area (Å²) in [6.07, 6.45) is 3.18. The third-order valence-corrected chi connectivity index (χ3v) is 8.10. The molecular formula is C35H66N6O13. The number of amides is 2. The molecule has 54 heavy (non-hydrogen) atoms. The first-order valence-electron chi connectivity index (χ1n) is 19.0. The van der Waals surface area contributed by atoms with Crippen LogP contribution in [0, 0.1) is 0 Å². The van der Waals surface area contributed by atoms with Gasteiger partial charge in [0.05, 0.1) is 105 Å². The number of hydrogen-bond donors (Lipinski definition) is 4. The van der Waals surface area contributed by atoms with Crippen molar-refractivity contribution in [1.82, 2.24) is 30.2 Å². The Balaban J connectivity index is 2.10. The molecule has 0 saturated carbocycles. The van der Waals surface area contributed by atoms with Crippen molar-refractivity contribution in [1.29, 1.82) is 0 Å². The molecule has 2 amide bonds. The molecule has 1 saturated heterocycles. The van der Waals surface area contributed by atoms with E-state index in [0.717, 1.165) is 19.1 Å². The van der Waals surface area contributed by atoms with Crippen molar-refractivity contribution < 1.29 is 62.6 Å². The van der Waals surface area contributed by atoms with Gasteiger partial charge in [-0.1, -0.05) is 13.3 Å². The SMILES string of the molecule is CCCCNC(=O)CCOCCOCCOCCOCCOCCOCCNC(=O)CN1CCN(CC=O)CCN(CC(=O)O)CCN(CC(=O)O)CC1. The summed E-state index contributed by atoms with van der Waals surface area (Å²) in [5.41, 5.74) is 0. The van der Waals surface area contributed by atoms with E-state index in [9.17, 15) is 34.2 Å². The lowest BCUT2D eigenvalue weighted by Gasteiger charge is -2.32. The fraction of sp³-hybridized carbons (Fsp3) is 0.857. The number of unbranched alkanes of at least 4 members (excludes halogenated alkanes) is 1. The van der Waals surface area contributed by atoms with Crippen LogP contribution in [0.25, 0.3) is 0 Å². The Bertz CT molecular complexity index is 999. The molecule has 1 rings (SSSR count). The number of aliphatic carboxylic acids is 2. The Hall–Kier alpha value is -2.85. The van der Waals surface area contributed by atoms with Crippen LogP contribution in [0.15, 0.2) is 0 Å². The number of nitrogens with zero attached hydrogens (tertiary/aromatic N) is 4. The number of carbonyl (C=O) groups is 5. The summed E-state index contributed by atoms with van der Waals surface area (Å²) in [6.45, 7) is 11.3. The number of ether oxygens (including phenoxy) is 6. The van der Waals surface area contributed by atoms with Gasteiger partial charge in [-0.15, -0.1) is 0 Å². The third kappa shape index (κ3) is 30.5. The van der Waals surface area contributed by atoms with E-state index in [0.29, 0.717) is 151 Å². The van der Waals surface area contributed by atoms with Gasteiger partial charge in [0, 0.05) is 71.9 Å². The fourth-order valence-corrected chi connectivity index (χ4v) is 5.10. The average Bonchev–Trinajstić information content (AvgIpc) is 3.13. The Labute approximate surface area is 319 Å². The maximum Gasteiger partial charge on any atom is 0.317 e. The molecule has 0 radical (unpaired) electrons. The fourth-order valence-electron chi connectivity index (χ4n) is 5.10. The van der Waals surface area contributed by atoms with E-state index in [1.165, 1.54) is 0 Å². The van der Waals surface area contributed by atoms with Gasteiger partial charge in [-0.2, -0.15) is 0 Å². The van der Waals surface area contributed by atoms with Gasteiger partial charge in [0.25, 0.3) is 0 Å². The van der Waals surface area contributed by atoms with Gasteiger partial charge in [-0.3, -0.25) is 38.8 Å². The molecular weight excluding hydrogens is 712 g/mol. The highest BCUT2D eigenvalue weighted by atomic mass is 16.6. The number of hydrogen-bond acceptors (Lipinski definition) is 15. The summed E-state index contributed by atoms with van der Waals surface area (Å²) in [5.74, 6) is -2.15. The molecule has 0 aromatic heterocycles. The van der Waals surface area contributed by atoms with Crippen LogP contribution in [-0.2, 0) is 52.4 Å². The molecule has 0 spiro atoms. The number of carbonyl (C=O) groups excluding carboxylic acids is 3. The van der Waals surface area contributed by atoms with E-state index in [-0.39, 0.29) is 38.0 Å². The zero-order valence-electron chi connectivity index (χ0n) is 32.3. The molecule has 19 nitrogen and oxygen atoms in total. The van der Waals surface area contributed by atoms with E-state index in [1.807, 2.05) is 9.80 Å². The van der Waals surface area contributed by atoms with E-state index in [1.54, 1.807) is 9.80 Å². The van der Waals surface area contributed by atoms with Gasteiger partial charge < -0.3 is 54.1 Å². The lowest BCUT2D eigenvalue weighted by Crippen LogP contribution is -2.49. The van der Waals surface area contributed by atoms with Crippen LogP contribution in [0.3, 0.4) is 0 Å². The number of aldehydes is 1. The van der Waals surface area contributed by atoms with E-state index in [4.69, 9.17) is 28.4 Å². The van der Waals surface area contributed by atoms with Crippen molar-refractivity contribution >= 4 is 30.0 Å². The molecule has 1 fully saturated rings. The minimum absolute atomic E-state index is 0.00559. The van der Waals surface area contributed by atoms with E-state index < -0.39 is 11.9 Å². The zero-order valence-corrected chi connectivity index (χ0v) is 32.3. The Kier molecular flexibility index (Phi) is 31.5. The zero-order chi connectivity index (χ0) is 39.5. The summed E-state index contributed by atoms with van der Waals surface area (Å²) >= 11 is 0. The second-order valence-electron chi connectivity index (χ2n) is 12.6. The predicted octanol–water partition coefficient (Wildman–Crippen LogP) is -1.90. The average molecular weight is 779 g/mol. The maximum atomic E-state index is 12.7. The van der Waals surface area contributed by atoms with Crippen molar-refractivity contribution in [2.45, 2.75) is 26.2 Å². The van der Waals surface area contributed by atoms with E-state index >= 15 is 0 Å². The largest absolute Gasteiger partial charge is 0.480 e. The lowest BCUT2D eigenvalue weighted by atomic mass is 10.3. The topological polar surface area (TPSA) is 218 Å². The normalized spacial score (nSPS) is 15.6. The minimum atomic E-state index is -0.983. The van der Waals surface area contributed by atoms with Crippen molar-refractivity contribution in [3.05, 3.63) is 0 Å². The number of nitrogens with one attached hydrogen (secondary N) is 2. The summed E-state index contributed by atoms with van der Waals surface area (Å²) in [4.78, 5) is 65.7. The van der Waals surface area contributed by atoms with Gasteiger partial charge in [0.1, 0.15) is 6.29 Å². The van der Waals surface area contributed by atoms with Crippen LogP contribution in [0.1, 0.15) is 26.2 Å². The van der Waals surface area contributed by atoms with Gasteiger partial charge in [0.15, 0.2) is 0 Å². The summed E-state index contributed by atoms with van der Waals surface area (Å²) in [5, 5.41) is 24.4. The highest BCUT2D eigenvalue weighted by Crippen LogP contribution is 2.01. The van der Waals surface area contributed by atoms with E-state index in [2.05, 4.69) is 17.6 Å². The molecule has 4 N–H and O–H groups in total. The molecule has 314 valence electrons. The number of carboxylic acids is 2. The highest BCUT2D eigenvalue weighted by molar-refractivity contribution is 5.78. The number of carboxylic acid groups (broad SMARTS) is 2. The van der Waals surface area contributed by atoms with Crippen LogP contribution in [0.4, 0.5) is 0 Å². The monoisotopic (exact) mass is 778 g/mol. The van der Waals surface area contributed by atoms with Gasteiger partial charge in [0.2, 0.25) is 11.8 Å². The molecule has 0 aromatic rings. The van der Waals surface area contributed by atoms with Crippen molar-refractivity contribution in [2.24, 2.45) is 0 Å². The quantitative estimate of drug-likeness (QED) is 0.0433. The van der Waals surface area contributed by atoms with Crippen LogP contribution < -0.4 is 10.6 Å². The van der Waals surface area contributed by atoms with Gasteiger partial charge in [-0.05, 0) is 6.42 Å². The van der Waals surface area contributed by atoms with Gasteiger partial charge >= 0.3 is 11.9 Å². The van der Waals surface area contributed by atoms with Crippen LogP contribution >= 0.6 is 0 Å². The maximum absolute atomic E-state index is 12.7. The standard InChI is InChI=1S/C35H66N6O13/c1-2-3-5-36-32(43)4-17-49-19-21-51-23-25-53-27-28-54-26-24-52-22-20-50-18-6-37-33(44)29-39-9-7-38(15-16-42)8-10-40(30-34(45)46)13-14-41(12-11-39)31-35(47)48/h16H,2-15,17-31H2,1H3,(H,36,43)(H,37,44)(H,45,46)(H,47,48). The Morgan fingerprint density at radius 3 is 1.30 bits per heavy atom. The molecule has 0 aromatic carbocycles. The first-order chi connectivity index (χ1) is 26.2. The predicted molar refractivity (Wildman–Crippen MR) is 198 cm³/mol. The van der Waals surface area contributed by atoms with Crippen molar-refractivity contribution in [2.75, 3.05) is 171 Å². The molecule has 1 aliphatic rings. The van der Waals surface area contributed by atoms with Crippen LogP contribution in [0.2, 0.25) is 0 Å². The summed E-state index contributed by atoms with van der Waals surface area (Å²) in [6, 6.07) is 0. The molecule has 0 aliphatic carbocycles. The van der Waals surface area contributed by atoms with Crippen LogP contribution in [0.5, 0.6) is 0 Å². The van der Waals surface area contributed by atoms with Gasteiger partial charge in [-0.25, -0.2) is 0 Å². The molecule has 0 atom stereocenters. The Morgan fingerprint density at radius 1 is 0.519 bits per heavy atom. The molecule has 1 heterocycles. The van der Waals surface area contributed by atoms with Crippen LogP contribution in [-0.4, -0.2) is 231 Å². The second kappa shape index (κ2) is 34.6. The second-order valence-corrected chi connectivity index (χ2v) is 12.6. The number of rotatable bonds is 32.